The van der Waals surface area contributed by atoms with Crippen molar-refractivity contribution in [2.75, 3.05) is 20.3 Å². The number of carbonyl (C=O) groups is 2. The summed E-state index contributed by atoms with van der Waals surface area (Å²) >= 11 is 0. The first-order valence-electron chi connectivity index (χ1n) is 11.3. The largest absolute Gasteiger partial charge is 0.497 e. The van der Waals surface area contributed by atoms with Crippen LogP contribution in [-0.2, 0) is 18.9 Å². The number of carbonyl (C=O) groups excluding carboxylic acids is 2. The van der Waals surface area contributed by atoms with Crippen LogP contribution in [0.15, 0.2) is 24.3 Å². The van der Waals surface area contributed by atoms with E-state index in [2.05, 4.69) is 0 Å². The second kappa shape index (κ2) is 10.1. The van der Waals surface area contributed by atoms with Crippen molar-refractivity contribution in [3.8, 4) is 5.75 Å². The summed E-state index contributed by atoms with van der Waals surface area (Å²) in [5, 5.41) is 21.1. The van der Waals surface area contributed by atoms with Crippen LogP contribution < -0.4 is 4.74 Å². The van der Waals surface area contributed by atoms with Crippen LogP contribution in [0.3, 0.4) is 0 Å². The van der Waals surface area contributed by atoms with Gasteiger partial charge in [-0.15, -0.1) is 0 Å². The quantitative estimate of drug-likeness (QED) is 0.564. The van der Waals surface area contributed by atoms with Crippen molar-refractivity contribution >= 4 is 12.1 Å². The number of amides is 1. The van der Waals surface area contributed by atoms with E-state index in [-0.39, 0.29) is 24.6 Å². The topological polar surface area (TPSA) is 124 Å². The number of methoxy groups -OCH3 is 1. The number of fused-ring (bicyclic) bond motifs is 1. The minimum absolute atomic E-state index is 0.0128. The molecule has 0 unspecified atom stereocenters. The Bertz CT molecular complexity index is 864. The lowest BCUT2D eigenvalue weighted by atomic mass is 10.0. The SMILES string of the molecule is COc1ccc(C(=O)OC[C@@H](O)[C@H](O)C[C@H]2[C@H]3OC(C)(C)O[C@H]3CN2C(=O)OC(C)(C)C)cc1. The maximum atomic E-state index is 12.8. The molecule has 0 aliphatic carbocycles. The van der Waals surface area contributed by atoms with Crippen LogP contribution in [0, 0.1) is 0 Å². The Morgan fingerprint density at radius 3 is 2.38 bits per heavy atom. The number of ether oxygens (including phenoxy) is 5. The van der Waals surface area contributed by atoms with Gasteiger partial charge < -0.3 is 33.9 Å². The summed E-state index contributed by atoms with van der Waals surface area (Å²) in [4.78, 5) is 26.5. The number of nitrogens with zero attached hydrogens (tertiary/aromatic N) is 1. The highest BCUT2D eigenvalue weighted by Gasteiger charge is 2.55. The maximum Gasteiger partial charge on any atom is 0.410 e. The summed E-state index contributed by atoms with van der Waals surface area (Å²) in [6.07, 6.45) is -4.09. The Hall–Kier alpha value is -2.40. The Morgan fingerprint density at radius 1 is 1.15 bits per heavy atom. The Balaban J connectivity index is 1.62. The van der Waals surface area contributed by atoms with Gasteiger partial charge in [-0.1, -0.05) is 0 Å². The monoisotopic (exact) mass is 481 g/mol. The van der Waals surface area contributed by atoms with Gasteiger partial charge in [-0.05, 0) is 65.3 Å². The molecule has 0 aromatic heterocycles. The smallest absolute Gasteiger partial charge is 0.410 e. The molecule has 2 aliphatic heterocycles. The molecule has 190 valence electrons. The zero-order valence-electron chi connectivity index (χ0n) is 20.5. The van der Waals surface area contributed by atoms with Gasteiger partial charge in [-0.3, -0.25) is 4.90 Å². The normalized spacial score (nSPS) is 25.4. The van der Waals surface area contributed by atoms with E-state index in [0.29, 0.717) is 5.75 Å². The molecule has 0 saturated carbocycles. The number of likely N-dealkylation sites (tertiary alicyclic amines) is 1. The highest BCUT2D eigenvalue weighted by Crippen LogP contribution is 2.39. The van der Waals surface area contributed by atoms with E-state index in [9.17, 15) is 19.8 Å². The third kappa shape index (κ3) is 6.38. The van der Waals surface area contributed by atoms with E-state index < -0.39 is 54.4 Å². The summed E-state index contributed by atoms with van der Waals surface area (Å²) < 4.78 is 27.6. The van der Waals surface area contributed by atoms with Crippen LogP contribution in [0.1, 0.15) is 51.4 Å². The van der Waals surface area contributed by atoms with E-state index >= 15 is 0 Å². The lowest BCUT2D eigenvalue weighted by Gasteiger charge is -2.33. The first-order valence-corrected chi connectivity index (χ1v) is 11.3. The summed E-state index contributed by atoms with van der Waals surface area (Å²) in [5.41, 5.74) is -0.412. The van der Waals surface area contributed by atoms with Crippen molar-refractivity contribution in [2.24, 2.45) is 0 Å². The third-order valence-electron chi connectivity index (χ3n) is 5.64. The van der Waals surface area contributed by atoms with Gasteiger partial charge in [0.2, 0.25) is 0 Å². The molecule has 1 aromatic carbocycles. The molecule has 2 N–H and O–H groups in total. The summed E-state index contributed by atoms with van der Waals surface area (Å²) in [5.74, 6) is -0.873. The molecule has 34 heavy (non-hydrogen) atoms. The second-order valence-electron chi connectivity index (χ2n) is 10.0. The van der Waals surface area contributed by atoms with Crippen LogP contribution in [-0.4, -0.2) is 89.3 Å². The van der Waals surface area contributed by atoms with Gasteiger partial charge in [-0.2, -0.15) is 0 Å². The molecule has 2 aliphatic rings. The van der Waals surface area contributed by atoms with Crippen molar-refractivity contribution in [1.29, 1.82) is 0 Å². The van der Waals surface area contributed by atoms with Crippen molar-refractivity contribution in [2.45, 2.75) is 82.9 Å². The van der Waals surface area contributed by atoms with Gasteiger partial charge in [0.15, 0.2) is 5.79 Å². The van der Waals surface area contributed by atoms with Crippen LogP contribution in [0.2, 0.25) is 0 Å². The van der Waals surface area contributed by atoms with Gasteiger partial charge in [0, 0.05) is 0 Å². The molecule has 2 saturated heterocycles. The van der Waals surface area contributed by atoms with E-state index in [0.717, 1.165) is 0 Å². The average molecular weight is 482 g/mol. The molecule has 0 spiro atoms. The van der Waals surface area contributed by atoms with Crippen molar-refractivity contribution < 1.29 is 43.5 Å². The summed E-state index contributed by atoms with van der Waals surface area (Å²) in [6, 6.07) is 5.73. The van der Waals surface area contributed by atoms with E-state index in [1.807, 2.05) is 0 Å². The number of esters is 1. The number of rotatable bonds is 7. The molecule has 0 bridgehead atoms. The minimum atomic E-state index is -1.36. The summed E-state index contributed by atoms with van der Waals surface area (Å²) in [6.45, 7) is 8.69. The molecule has 10 heteroatoms. The zero-order chi connectivity index (χ0) is 25.3. The van der Waals surface area contributed by atoms with E-state index in [1.165, 1.54) is 12.0 Å². The van der Waals surface area contributed by atoms with Gasteiger partial charge in [0.1, 0.15) is 36.3 Å². The standard InChI is InChI=1S/C24H35NO9/c1-23(2,3)34-22(29)25-12-19-20(33-24(4,5)32-19)16(25)11-17(26)18(27)13-31-21(28)14-7-9-15(30-6)10-8-14/h7-10,16-20,26-27H,11-13H2,1-6H3/t16-,17+,18+,19-,20+/m0/s1. The number of benzene rings is 1. The van der Waals surface area contributed by atoms with Crippen LogP contribution >= 0.6 is 0 Å². The molecule has 1 aromatic rings. The predicted molar refractivity (Wildman–Crippen MR) is 120 cm³/mol. The Labute approximate surface area is 199 Å². The molecular formula is C24H35NO9. The van der Waals surface area contributed by atoms with E-state index in [4.69, 9.17) is 23.7 Å². The molecule has 2 heterocycles. The minimum Gasteiger partial charge on any atom is -0.497 e. The maximum absolute atomic E-state index is 12.8. The zero-order valence-corrected chi connectivity index (χ0v) is 20.5. The Morgan fingerprint density at radius 2 is 1.79 bits per heavy atom. The third-order valence-corrected chi connectivity index (χ3v) is 5.64. The van der Waals surface area contributed by atoms with Crippen molar-refractivity contribution in [1.82, 2.24) is 4.90 Å². The van der Waals surface area contributed by atoms with Gasteiger partial charge in [-0.25, -0.2) is 9.59 Å². The average Bonchev–Trinajstić information content (AvgIpc) is 3.22. The molecule has 0 radical (unpaired) electrons. The van der Waals surface area contributed by atoms with Gasteiger partial charge in [0.25, 0.3) is 0 Å². The number of hydrogen-bond donors (Lipinski definition) is 2. The molecule has 10 nitrogen and oxygen atoms in total. The fourth-order valence-corrected chi connectivity index (χ4v) is 4.12. The van der Waals surface area contributed by atoms with Crippen molar-refractivity contribution in [3.05, 3.63) is 29.8 Å². The predicted octanol–water partition coefficient (Wildman–Crippen LogP) is 2.10. The van der Waals surface area contributed by atoms with Gasteiger partial charge in [0.05, 0.1) is 31.4 Å². The lowest BCUT2D eigenvalue weighted by molar-refractivity contribution is -0.163. The number of aliphatic hydroxyl groups excluding tert-OH is 2. The second-order valence-corrected chi connectivity index (χ2v) is 10.0. The number of hydrogen-bond acceptors (Lipinski definition) is 9. The van der Waals surface area contributed by atoms with Crippen LogP contribution in [0.25, 0.3) is 0 Å². The first-order chi connectivity index (χ1) is 15.8. The van der Waals surface area contributed by atoms with E-state index in [1.54, 1.807) is 58.9 Å². The fraction of sp³-hybridized carbons (Fsp3) is 0.667. The first kappa shape index (κ1) is 26.2. The summed E-state index contributed by atoms with van der Waals surface area (Å²) in [7, 11) is 1.52. The highest BCUT2D eigenvalue weighted by molar-refractivity contribution is 5.89. The van der Waals surface area contributed by atoms with Gasteiger partial charge >= 0.3 is 12.1 Å². The van der Waals surface area contributed by atoms with Crippen molar-refractivity contribution in [3.63, 3.8) is 0 Å². The highest BCUT2D eigenvalue weighted by atomic mass is 16.8. The lowest BCUT2D eigenvalue weighted by Crippen LogP contribution is -2.47. The molecular weight excluding hydrogens is 446 g/mol. The molecule has 5 atom stereocenters. The molecule has 2 fully saturated rings. The number of aliphatic hydroxyl groups is 2. The van der Waals surface area contributed by atoms with Crippen LogP contribution in [0.5, 0.6) is 5.75 Å². The van der Waals surface area contributed by atoms with Crippen LogP contribution in [0.4, 0.5) is 4.79 Å². The molecule has 1 amide bonds. The fourth-order valence-electron chi connectivity index (χ4n) is 4.12. The Kier molecular flexibility index (Phi) is 7.76. The molecule has 3 rings (SSSR count).